The molecule has 0 atom stereocenters. The molecule has 0 N–H and O–H groups in total. The van der Waals surface area contributed by atoms with Crippen LogP contribution in [0.1, 0.15) is 51.2 Å². The van der Waals surface area contributed by atoms with E-state index in [1.165, 1.54) is 27.1 Å². The van der Waals surface area contributed by atoms with Gasteiger partial charge in [0.1, 0.15) is 18.7 Å². The van der Waals surface area contributed by atoms with Gasteiger partial charge in [-0.3, -0.25) is 9.59 Å². The number of esters is 1. The van der Waals surface area contributed by atoms with Gasteiger partial charge in [-0.1, -0.05) is 86.7 Å². The second-order valence-electron chi connectivity index (χ2n) is 12.4. The van der Waals surface area contributed by atoms with Crippen LogP contribution in [0.4, 0.5) is 5.69 Å². The summed E-state index contributed by atoms with van der Waals surface area (Å²) in [7, 11) is 1.67. The smallest absolute Gasteiger partial charge is 0.306 e. The van der Waals surface area contributed by atoms with Crippen molar-refractivity contribution < 1.29 is 19.1 Å². The van der Waals surface area contributed by atoms with Gasteiger partial charge in [0.25, 0.3) is 0 Å². The van der Waals surface area contributed by atoms with Crippen molar-refractivity contribution >= 4 is 45.6 Å². The Bertz CT molecular complexity index is 1710. The molecule has 5 rings (SSSR count). The van der Waals surface area contributed by atoms with E-state index in [1.54, 1.807) is 13.2 Å². The molecular weight excluding hydrogens is 558 g/mol. The number of nitrogens with zero attached hydrogens (tertiary/aromatic N) is 1. The lowest BCUT2D eigenvalue weighted by molar-refractivity contribution is -0.143. The predicted molar refractivity (Wildman–Crippen MR) is 185 cm³/mol. The Morgan fingerprint density at radius 3 is 2.20 bits per heavy atom. The molecule has 4 aromatic carbocycles. The first-order chi connectivity index (χ1) is 21.8. The zero-order valence-electron chi connectivity index (χ0n) is 26.8. The van der Waals surface area contributed by atoms with Crippen molar-refractivity contribution in [2.75, 3.05) is 31.7 Å². The van der Waals surface area contributed by atoms with Crippen molar-refractivity contribution in [3.63, 3.8) is 0 Å². The molecule has 0 saturated carbocycles. The summed E-state index contributed by atoms with van der Waals surface area (Å²) < 4.78 is 11.4. The largest absolute Gasteiger partial charge is 0.496 e. The summed E-state index contributed by atoms with van der Waals surface area (Å²) in [4.78, 5) is 26.2. The molecule has 0 saturated heterocycles. The van der Waals surface area contributed by atoms with Crippen LogP contribution in [0.2, 0.25) is 0 Å². The number of likely N-dealkylation sites (N-methyl/N-ethyl adjacent to an activating group) is 1. The quantitative estimate of drug-likeness (QED) is 0.0703. The average molecular weight is 602 g/mol. The summed E-state index contributed by atoms with van der Waals surface area (Å²) in [5.41, 5.74) is 5.45. The Kier molecular flexibility index (Phi) is 10.2. The van der Waals surface area contributed by atoms with Crippen molar-refractivity contribution in [2.45, 2.75) is 46.5 Å². The molecule has 5 heteroatoms. The van der Waals surface area contributed by atoms with E-state index in [1.807, 2.05) is 0 Å². The lowest BCUT2D eigenvalue weighted by Crippen LogP contribution is -2.28. The fraction of sp³-hybridized carbons (Fsp3) is 0.300. The number of benzene rings is 4. The molecule has 1 aliphatic carbocycles. The maximum atomic E-state index is 12.8. The Balaban J connectivity index is 1.18. The number of carbonyl (C=O) groups is 2. The van der Waals surface area contributed by atoms with Gasteiger partial charge in [0.05, 0.1) is 13.7 Å². The highest BCUT2D eigenvalue weighted by atomic mass is 16.5. The third-order valence-corrected chi connectivity index (χ3v) is 8.60. The molecule has 45 heavy (non-hydrogen) atoms. The molecule has 0 fully saturated rings. The van der Waals surface area contributed by atoms with Gasteiger partial charge >= 0.3 is 5.97 Å². The van der Waals surface area contributed by atoms with Crippen molar-refractivity contribution in [1.29, 1.82) is 0 Å². The highest BCUT2D eigenvalue weighted by molar-refractivity contribution is 6.02. The summed E-state index contributed by atoms with van der Waals surface area (Å²) in [6, 6.07) is 27.3. The normalized spacial score (nSPS) is 15.6. The van der Waals surface area contributed by atoms with Crippen molar-refractivity contribution in [3.8, 4) is 0 Å². The second kappa shape index (κ2) is 14.4. The number of fused-ring (bicyclic) bond motifs is 2. The van der Waals surface area contributed by atoms with Crippen LogP contribution in [-0.4, -0.2) is 39.1 Å². The van der Waals surface area contributed by atoms with E-state index in [4.69, 9.17) is 9.47 Å². The molecule has 0 radical (unpaired) electrons. The first-order valence-corrected chi connectivity index (χ1v) is 15.8. The van der Waals surface area contributed by atoms with Gasteiger partial charge in [0.15, 0.2) is 0 Å². The lowest BCUT2D eigenvalue weighted by atomic mass is 9.74. The molecule has 1 aliphatic rings. The Morgan fingerprint density at radius 1 is 0.911 bits per heavy atom. The number of allylic oxidation sites excluding steroid dienone is 4. The van der Waals surface area contributed by atoms with Gasteiger partial charge in [0.2, 0.25) is 0 Å². The van der Waals surface area contributed by atoms with E-state index in [9.17, 15) is 9.59 Å². The zero-order chi connectivity index (χ0) is 31.8. The van der Waals surface area contributed by atoms with Crippen LogP contribution in [0.3, 0.4) is 0 Å². The van der Waals surface area contributed by atoms with E-state index >= 15 is 0 Å². The van der Waals surface area contributed by atoms with Gasteiger partial charge in [-0.25, -0.2) is 0 Å². The minimum Gasteiger partial charge on any atom is -0.496 e. The maximum absolute atomic E-state index is 12.8. The minimum absolute atomic E-state index is 0.0514. The first-order valence-electron chi connectivity index (χ1n) is 15.8. The van der Waals surface area contributed by atoms with Crippen LogP contribution in [0, 0.1) is 5.41 Å². The number of anilines is 1. The molecule has 0 bridgehead atoms. The Labute approximate surface area is 266 Å². The highest BCUT2D eigenvalue weighted by Crippen LogP contribution is 2.42. The van der Waals surface area contributed by atoms with Gasteiger partial charge in [-0.2, -0.15) is 0 Å². The molecule has 0 amide bonds. The van der Waals surface area contributed by atoms with Gasteiger partial charge in [0, 0.05) is 18.7 Å². The van der Waals surface area contributed by atoms with Gasteiger partial charge in [-0.15, -0.1) is 0 Å². The molecule has 0 unspecified atom stereocenters. The fourth-order valence-corrected chi connectivity index (χ4v) is 6.48. The number of aryl methyl sites for hydroxylation is 1. The molecular formula is C40H43NO4. The Hall–Kier alpha value is -4.64. The third-order valence-electron chi connectivity index (χ3n) is 8.60. The van der Waals surface area contributed by atoms with Crippen LogP contribution in [0.15, 0.2) is 108 Å². The number of rotatable bonds is 12. The fourth-order valence-electron chi connectivity index (χ4n) is 6.48. The SMILES string of the molecule is CCN(CCOC(=O)CCc1c2ccccc2cc2ccccc12)c1ccc(/C=C/C2=C(OC)C(=C/C=O)/CC(C)(C)C2)cc1. The number of hydrogen-bond donors (Lipinski definition) is 0. The molecule has 232 valence electrons. The van der Waals surface area contributed by atoms with Crippen LogP contribution in [0.25, 0.3) is 27.6 Å². The van der Waals surface area contributed by atoms with Crippen molar-refractivity contribution in [2.24, 2.45) is 5.41 Å². The highest BCUT2D eigenvalue weighted by Gasteiger charge is 2.30. The van der Waals surface area contributed by atoms with E-state index < -0.39 is 0 Å². The Morgan fingerprint density at radius 2 is 1.58 bits per heavy atom. The number of carbonyl (C=O) groups excluding carboxylic acids is 2. The van der Waals surface area contributed by atoms with Crippen molar-refractivity contribution in [3.05, 3.63) is 119 Å². The summed E-state index contributed by atoms with van der Waals surface area (Å²) in [5, 5.41) is 4.76. The van der Waals surface area contributed by atoms with Crippen molar-refractivity contribution in [1.82, 2.24) is 0 Å². The molecule has 4 aromatic rings. The molecule has 0 aliphatic heterocycles. The average Bonchev–Trinajstić information content (AvgIpc) is 3.04. The lowest BCUT2D eigenvalue weighted by Gasteiger charge is -2.33. The first kappa shape index (κ1) is 31.8. The van der Waals surface area contributed by atoms with Crippen LogP contribution < -0.4 is 4.90 Å². The van der Waals surface area contributed by atoms with Gasteiger partial charge in [-0.05, 0) is 99.7 Å². The summed E-state index contributed by atoms with van der Waals surface area (Å²) in [6.45, 7) is 8.30. The van der Waals surface area contributed by atoms with Crippen LogP contribution >= 0.6 is 0 Å². The third kappa shape index (κ3) is 7.72. The summed E-state index contributed by atoms with van der Waals surface area (Å²) >= 11 is 0. The van der Waals surface area contributed by atoms with Crippen LogP contribution in [0.5, 0.6) is 0 Å². The number of ether oxygens (including phenoxy) is 2. The molecule has 0 aromatic heterocycles. The van der Waals surface area contributed by atoms with E-state index in [2.05, 4.69) is 117 Å². The second-order valence-corrected chi connectivity index (χ2v) is 12.4. The predicted octanol–water partition coefficient (Wildman–Crippen LogP) is 8.85. The standard InChI is InChI=1S/C40H43NO4/c1-5-41(34-18-15-29(16-19-34)14-17-32-27-40(2,3)28-33(22-24-42)39(32)44-4)23-25-45-38(43)21-20-37-35-12-8-6-10-30(35)26-31-11-7-9-13-36(31)37/h6-19,22,24,26H,5,20-21,23,25,27-28H2,1-4H3/b17-14+,33-22+. The molecule has 5 nitrogen and oxygen atoms in total. The van der Waals surface area contributed by atoms with Gasteiger partial charge < -0.3 is 14.4 Å². The van der Waals surface area contributed by atoms with E-state index in [0.717, 1.165) is 53.8 Å². The topological polar surface area (TPSA) is 55.8 Å². The number of methoxy groups -OCH3 is 1. The zero-order valence-corrected chi connectivity index (χ0v) is 26.8. The van der Waals surface area contributed by atoms with E-state index in [0.29, 0.717) is 26.0 Å². The summed E-state index contributed by atoms with van der Waals surface area (Å²) in [5.74, 6) is 0.622. The maximum Gasteiger partial charge on any atom is 0.306 e. The molecule has 0 heterocycles. The summed E-state index contributed by atoms with van der Waals surface area (Å²) in [6.07, 6.45) is 9.32. The number of aldehydes is 1. The minimum atomic E-state index is -0.176. The van der Waals surface area contributed by atoms with E-state index in [-0.39, 0.29) is 11.4 Å². The number of hydrogen-bond acceptors (Lipinski definition) is 5. The molecule has 0 spiro atoms. The van der Waals surface area contributed by atoms with Crippen LogP contribution in [-0.2, 0) is 25.5 Å². The monoisotopic (exact) mass is 601 g/mol.